The summed E-state index contributed by atoms with van der Waals surface area (Å²) in [5, 5.41) is 10.7. The lowest BCUT2D eigenvalue weighted by atomic mass is 10.0. The van der Waals surface area contributed by atoms with E-state index in [-0.39, 0.29) is 24.5 Å². The molecule has 0 amide bonds. The first kappa shape index (κ1) is 16.8. The van der Waals surface area contributed by atoms with Gasteiger partial charge in [-0.2, -0.15) is 0 Å². The molecule has 1 rings (SSSR count). The number of nitro benzene ring substituents is 1. The van der Waals surface area contributed by atoms with Gasteiger partial charge in [0.05, 0.1) is 22.9 Å². The molecule has 0 heterocycles. The molecule has 1 aromatic rings. The molecule has 8 heteroatoms. The van der Waals surface area contributed by atoms with Crippen molar-refractivity contribution >= 4 is 40.0 Å². The number of methoxy groups -OCH3 is 1. The van der Waals surface area contributed by atoms with Crippen LogP contribution in [-0.4, -0.2) is 18.0 Å². The Labute approximate surface area is 118 Å². The van der Waals surface area contributed by atoms with Gasteiger partial charge < -0.3 is 10.5 Å². The van der Waals surface area contributed by atoms with Gasteiger partial charge in [0.15, 0.2) is 0 Å². The van der Waals surface area contributed by atoms with Gasteiger partial charge in [0.25, 0.3) is 5.69 Å². The topological polar surface area (TPSA) is 95.5 Å². The predicted molar refractivity (Wildman–Crippen MR) is 71.6 cm³/mol. The fraction of sp³-hybridized carbons (Fsp3) is 0.300. The number of hydrogen-bond donors (Lipinski definition) is 1. The Balaban J connectivity index is 0.00000289. The highest BCUT2D eigenvalue weighted by Crippen LogP contribution is 2.28. The third-order valence-corrected chi connectivity index (χ3v) is 2.88. The highest BCUT2D eigenvalue weighted by molar-refractivity contribution is 9.10. The smallest absolute Gasteiger partial charge is 0.307 e. The van der Waals surface area contributed by atoms with Gasteiger partial charge in [-0.25, -0.2) is 0 Å². The van der Waals surface area contributed by atoms with Gasteiger partial charge in [-0.3, -0.25) is 14.9 Å². The van der Waals surface area contributed by atoms with E-state index >= 15 is 0 Å². The van der Waals surface area contributed by atoms with Crippen molar-refractivity contribution in [2.24, 2.45) is 5.73 Å². The molecule has 1 atom stereocenters. The fourth-order valence-corrected chi connectivity index (χ4v) is 1.67. The van der Waals surface area contributed by atoms with Crippen molar-refractivity contribution < 1.29 is 14.5 Å². The Hall–Kier alpha value is -1.18. The molecule has 0 aliphatic heterocycles. The molecule has 0 aliphatic rings. The van der Waals surface area contributed by atoms with E-state index in [2.05, 4.69) is 20.7 Å². The number of esters is 1. The second kappa shape index (κ2) is 7.30. The van der Waals surface area contributed by atoms with Gasteiger partial charge in [0.1, 0.15) is 0 Å². The van der Waals surface area contributed by atoms with E-state index in [0.717, 1.165) is 0 Å². The zero-order valence-corrected chi connectivity index (χ0v) is 11.9. The summed E-state index contributed by atoms with van der Waals surface area (Å²) in [4.78, 5) is 21.2. The Morgan fingerprint density at radius 2 is 2.22 bits per heavy atom. The van der Waals surface area contributed by atoms with Gasteiger partial charge in [0, 0.05) is 12.1 Å². The number of carbonyl (C=O) groups is 1. The number of hydrogen-bond acceptors (Lipinski definition) is 5. The minimum atomic E-state index is -0.616. The van der Waals surface area contributed by atoms with E-state index in [4.69, 9.17) is 5.73 Å². The number of nitro groups is 1. The van der Waals surface area contributed by atoms with Crippen LogP contribution in [0, 0.1) is 10.1 Å². The zero-order chi connectivity index (χ0) is 13.0. The number of nitrogens with two attached hydrogens (primary N) is 1. The van der Waals surface area contributed by atoms with Crippen LogP contribution in [0.1, 0.15) is 18.0 Å². The summed E-state index contributed by atoms with van der Waals surface area (Å²) in [6.45, 7) is 0. The molecule has 0 aliphatic carbocycles. The summed E-state index contributed by atoms with van der Waals surface area (Å²) in [5.74, 6) is -0.455. The van der Waals surface area contributed by atoms with E-state index in [1.165, 1.54) is 19.2 Å². The second-order valence-corrected chi connectivity index (χ2v) is 4.21. The molecule has 0 unspecified atom stereocenters. The first-order valence-corrected chi connectivity index (χ1v) is 5.51. The molecule has 0 fully saturated rings. The summed E-state index contributed by atoms with van der Waals surface area (Å²) < 4.78 is 4.85. The van der Waals surface area contributed by atoms with Gasteiger partial charge in [-0.15, -0.1) is 12.4 Å². The van der Waals surface area contributed by atoms with Crippen molar-refractivity contribution in [3.05, 3.63) is 38.3 Å². The lowest BCUT2D eigenvalue weighted by Crippen LogP contribution is -2.16. The summed E-state index contributed by atoms with van der Waals surface area (Å²) in [5.41, 5.74) is 6.19. The number of halogens is 2. The fourth-order valence-electron chi connectivity index (χ4n) is 1.28. The van der Waals surface area contributed by atoms with Crippen LogP contribution in [0.15, 0.2) is 22.7 Å². The maximum Gasteiger partial charge on any atom is 0.307 e. The van der Waals surface area contributed by atoms with Crippen LogP contribution < -0.4 is 5.73 Å². The third-order valence-electron chi connectivity index (χ3n) is 2.21. The molecule has 0 spiro atoms. The predicted octanol–water partition coefficient (Wildman–Crippen LogP) is 2.34. The normalized spacial score (nSPS) is 11.3. The number of benzene rings is 1. The molecule has 0 bridgehead atoms. The molecule has 0 saturated heterocycles. The average molecular weight is 340 g/mol. The summed E-state index contributed by atoms with van der Waals surface area (Å²) in [7, 11) is 1.26. The number of ether oxygens (including phenoxy) is 1. The molecule has 1 aromatic carbocycles. The molecule has 6 nitrogen and oxygen atoms in total. The van der Waals surface area contributed by atoms with Crippen LogP contribution in [0.25, 0.3) is 0 Å². The van der Waals surface area contributed by atoms with Crippen molar-refractivity contribution in [3.63, 3.8) is 0 Å². The van der Waals surface area contributed by atoms with Crippen LogP contribution >= 0.6 is 28.3 Å². The number of rotatable bonds is 4. The summed E-state index contributed by atoms with van der Waals surface area (Å²) >= 11 is 3.07. The molecular weight excluding hydrogens is 327 g/mol. The van der Waals surface area contributed by atoms with Crippen molar-refractivity contribution in [2.75, 3.05) is 7.11 Å². The maximum atomic E-state index is 11.0. The highest BCUT2D eigenvalue weighted by atomic mass is 79.9. The van der Waals surface area contributed by atoms with Crippen LogP contribution in [-0.2, 0) is 9.53 Å². The quantitative estimate of drug-likeness (QED) is 0.516. The van der Waals surface area contributed by atoms with Crippen LogP contribution in [0.3, 0.4) is 0 Å². The summed E-state index contributed by atoms with van der Waals surface area (Å²) in [6, 6.07) is 3.89. The molecule has 0 aromatic heterocycles. The van der Waals surface area contributed by atoms with Crippen LogP contribution in [0.2, 0.25) is 0 Å². The molecular formula is C10H12BrClN2O4. The highest BCUT2D eigenvalue weighted by Gasteiger charge is 2.17. The molecule has 2 N–H and O–H groups in total. The zero-order valence-electron chi connectivity index (χ0n) is 9.46. The van der Waals surface area contributed by atoms with Gasteiger partial charge >= 0.3 is 5.97 Å². The Bertz CT molecular complexity index is 456. The van der Waals surface area contributed by atoms with Gasteiger partial charge in [-0.1, -0.05) is 6.07 Å². The van der Waals surface area contributed by atoms with Crippen molar-refractivity contribution in [2.45, 2.75) is 12.5 Å². The lowest BCUT2D eigenvalue weighted by Gasteiger charge is -2.10. The van der Waals surface area contributed by atoms with Gasteiger partial charge in [-0.05, 0) is 27.6 Å². The minimum absolute atomic E-state index is 0. The van der Waals surface area contributed by atoms with E-state index in [9.17, 15) is 14.9 Å². The Kier molecular flexibility index (Phi) is 6.82. The Morgan fingerprint density at radius 1 is 1.61 bits per heavy atom. The first-order chi connectivity index (χ1) is 7.95. The van der Waals surface area contributed by atoms with Crippen LogP contribution in [0.4, 0.5) is 5.69 Å². The van der Waals surface area contributed by atoms with Crippen molar-refractivity contribution in [3.8, 4) is 0 Å². The van der Waals surface area contributed by atoms with Crippen molar-refractivity contribution in [1.82, 2.24) is 0 Å². The standard InChI is InChI=1S/C10H11BrN2O4.ClH/c1-17-10(14)5-8(12)6-2-3-7(11)9(4-6)13(15)16;/h2-4,8H,5,12H2,1H3;1H/t8-;/m0./s1. The second-order valence-electron chi connectivity index (χ2n) is 3.35. The summed E-state index contributed by atoms with van der Waals surface area (Å²) in [6.07, 6.45) is -0.0186. The SMILES string of the molecule is COC(=O)C[C@H](N)c1ccc(Br)c([N+](=O)[O-])c1.Cl. The van der Waals surface area contributed by atoms with E-state index in [1.807, 2.05) is 0 Å². The van der Waals surface area contributed by atoms with Crippen LogP contribution in [0.5, 0.6) is 0 Å². The minimum Gasteiger partial charge on any atom is -0.469 e. The number of carbonyl (C=O) groups excluding carboxylic acids is 1. The molecule has 0 radical (unpaired) electrons. The molecule has 18 heavy (non-hydrogen) atoms. The average Bonchev–Trinajstić information content (AvgIpc) is 2.28. The largest absolute Gasteiger partial charge is 0.469 e. The van der Waals surface area contributed by atoms with Crippen molar-refractivity contribution in [1.29, 1.82) is 0 Å². The van der Waals surface area contributed by atoms with E-state index in [0.29, 0.717) is 10.0 Å². The van der Waals surface area contributed by atoms with E-state index < -0.39 is 16.9 Å². The Morgan fingerprint density at radius 3 is 2.72 bits per heavy atom. The third kappa shape index (κ3) is 4.25. The monoisotopic (exact) mass is 338 g/mol. The molecule has 100 valence electrons. The maximum absolute atomic E-state index is 11.0. The first-order valence-electron chi connectivity index (χ1n) is 4.72. The number of nitrogens with zero attached hydrogens (tertiary/aromatic N) is 1. The lowest BCUT2D eigenvalue weighted by molar-refractivity contribution is -0.385. The van der Waals surface area contributed by atoms with Gasteiger partial charge in [0.2, 0.25) is 0 Å². The molecule has 0 saturated carbocycles. The van der Waals surface area contributed by atoms with E-state index in [1.54, 1.807) is 6.07 Å².